The summed E-state index contributed by atoms with van der Waals surface area (Å²) >= 11 is 0. The van der Waals surface area contributed by atoms with E-state index in [1.54, 1.807) is 0 Å². The van der Waals surface area contributed by atoms with Gasteiger partial charge in [-0.25, -0.2) is 4.98 Å². The van der Waals surface area contributed by atoms with Gasteiger partial charge in [-0.05, 0) is 62.0 Å². The van der Waals surface area contributed by atoms with E-state index >= 15 is 0 Å². The van der Waals surface area contributed by atoms with Crippen LogP contribution >= 0.6 is 0 Å². The Bertz CT molecular complexity index is 656. The summed E-state index contributed by atoms with van der Waals surface area (Å²) in [6.07, 6.45) is 3.12. The maximum Gasteiger partial charge on any atom is 0.417 e. The summed E-state index contributed by atoms with van der Waals surface area (Å²) < 4.78 is 38.1. The van der Waals surface area contributed by atoms with E-state index in [4.69, 9.17) is 0 Å². The van der Waals surface area contributed by atoms with Gasteiger partial charge in [0.15, 0.2) is 0 Å². The number of hydrogen-bond donors (Lipinski definition) is 0. The fraction of sp³-hybridized carbons (Fsp3) is 0.700. The Balaban J connectivity index is 1.33. The number of carbonyl (C=O) groups is 1. The van der Waals surface area contributed by atoms with E-state index in [1.165, 1.54) is 31.7 Å². The summed E-state index contributed by atoms with van der Waals surface area (Å²) in [7, 11) is 0. The quantitative estimate of drug-likeness (QED) is 0.775. The highest BCUT2D eigenvalue weighted by Crippen LogP contribution is 2.50. The molecule has 4 rings (SSSR count). The number of aromatic nitrogens is 1. The van der Waals surface area contributed by atoms with Crippen LogP contribution in [0.4, 0.5) is 19.0 Å². The zero-order valence-electron chi connectivity index (χ0n) is 15.4. The van der Waals surface area contributed by atoms with Crippen molar-refractivity contribution < 1.29 is 18.0 Å². The Morgan fingerprint density at radius 1 is 1.07 bits per heavy atom. The molecule has 7 heteroatoms. The van der Waals surface area contributed by atoms with Crippen LogP contribution in [0.1, 0.15) is 44.1 Å². The van der Waals surface area contributed by atoms with Gasteiger partial charge in [0.05, 0.1) is 5.56 Å². The number of amides is 1. The van der Waals surface area contributed by atoms with Crippen molar-refractivity contribution in [3.8, 4) is 0 Å². The average molecular weight is 381 g/mol. The highest BCUT2D eigenvalue weighted by atomic mass is 19.4. The lowest BCUT2D eigenvalue weighted by Crippen LogP contribution is -2.36. The molecule has 0 unspecified atom stereocenters. The van der Waals surface area contributed by atoms with Gasteiger partial charge >= 0.3 is 6.18 Å². The van der Waals surface area contributed by atoms with Crippen LogP contribution in [0.25, 0.3) is 0 Å². The van der Waals surface area contributed by atoms with Gasteiger partial charge < -0.3 is 9.80 Å². The van der Waals surface area contributed by atoms with Gasteiger partial charge in [0.1, 0.15) is 5.82 Å². The highest BCUT2D eigenvalue weighted by molar-refractivity contribution is 5.76. The van der Waals surface area contributed by atoms with Gasteiger partial charge in [-0.3, -0.25) is 4.79 Å². The number of pyridine rings is 1. The summed E-state index contributed by atoms with van der Waals surface area (Å²) in [6, 6.07) is 2.50. The first-order valence-electron chi connectivity index (χ1n) is 9.98. The van der Waals surface area contributed by atoms with E-state index in [1.807, 2.05) is 9.80 Å². The van der Waals surface area contributed by atoms with Gasteiger partial charge in [-0.15, -0.1) is 0 Å². The molecule has 2 saturated carbocycles. The monoisotopic (exact) mass is 381 g/mol. The number of hydrogen-bond acceptors (Lipinski definition) is 3. The molecule has 0 radical (unpaired) electrons. The molecule has 1 amide bonds. The molecule has 0 atom stereocenters. The van der Waals surface area contributed by atoms with E-state index in [0.717, 1.165) is 37.1 Å². The van der Waals surface area contributed by atoms with Gasteiger partial charge in [0.25, 0.3) is 0 Å². The molecular formula is C20H26F3N3O. The first-order valence-corrected chi connectivity index (χ1v) is 9.98. The molecule has 4 nitrogen and oxygen atoms in total. The van der Waals surface area contributed by atoms with Crippen LogP contribution in [0.2, 0.25) is 0 Å². The molecule has 0 bridgehead atoms. The first kappa shape index (κ1) is 18.6. The van der Waals surface area contributed by atoms with Crippen molar-refractivity contribution in [3.05, 3.63) is 23.9 Å². The van der Waals surface area contributed by atoms with Crippen LogP contribution in [0.3, 0.4) is 0 Å². The van der Waals surface area contributed by atoms with Crippen LogP contribution in [-0.4, -0.2) is 42.0 Å². The molecule has 1 aromatic heterocycles. The minimum Gasteiger partial charge on any atom is -0.355 e. The molecule has 0 aromatic carbocycles. The molecule has 2 heterocycles. The van der Waals surface area contributed by atoms with Crippen molar-refractivity contribution in [3.63, 3.8) is 0 Å². The van der Waals surface area contributed by atoms with Crippen molar-refractivity contribution in [1.82, 2.24) is 9.88 Å². The molecule has 148 valence electrons. The van der Waals surface area contributed by atoms with Crippen LogP contribution in [0.5, 0.6) is 0 Å². The number of nitrogens with zero attached hydrogens (tertiary/aromatic N) is 3. The van der Waals surface area contributed by atoms with Gasteiger partial charge in [-0.2, -0.15) is 13.2 Å². The predicted molar refractivity (Wildman–Crippen MR) is 96.2 cm³/mol. The summed E-state index contributed by atoms with van der Waals surface area (Å²) in [4.78, 5) is 20.7. The molecule has 1 saturated heterocycles. The second kappa shape index (κ2) is 7.32. The van der Waals surface area contributed by atoms with Crippen LogP contribution < -0.4 is 4.90 Å². The Morgan fingerprint density at radius 3 is 2.33 bits per heavy atom. The summed E-state index contributed by atoms with van der Waals surface area (Å²) in [5.41, 5.74) is -0.732. The van der Waals surface area contributed by atoms with Crippen molar-refractivity contribution in [2.24, 2.45) is 17.8 Å². The van der Waals surface area contributed by atoms with E-state index < -0.39 is 11.7 Å². The number of halogens is 3. The van der Waals surface area contributed by atoms with Crippen molar-refractivity contribution in [1.29, 1.82) is 0 Å². The van der Waals surface area contributed by atoms with Crippen LogP contribution in [0, 0.1) is 17.8 Å². The normalized spacial score (nSPS) is 21.5. The molecule has 3 fully saturated rings. The molecule has 1 aliphatic heterocycles. The van der Waals surface area contributed by atoms with Gasteiger partial charge in [-0.1, -0.05) is 0 Å². The summed E-state index contributed by atoms with van der Waals surface area (Å²) in [6.45, 7) is 2.65. The molecule has 1 aromatic rings. The van der Waals surface area contributed by atoms with E-state index in [9.17, 15) is 18.0 Å². The smallest absolute Gasteiger partial charge is 0.355 e. The third kappa shape index (κ3) is 4.55. The van der Waals surface area contributed by atoms with Gasteiger partial charge in [0.2, 0.25) is 5.91 Å². The number of carbonyl (C=O) groups excluding carboxylic acids is 1. The third-order valence-corrected chi connectivity index (χ3v) is 6.11. The maximum absolute atomic E-state index is 12.8. The molecular weight excluding hydrogens is 355 g/mol. The van der Waals surface area contributed by atoms with Crippen LogP contribution in [0.15, 0.2) is 18.3 Å². The average Bonchev–Trinajstić information content (AvgIpc) is 3.50. The van der Waals surface area contributed by atoms with E-state index in [-0.39, 0.29) is 5.91 Å². The topological polar surface area (TPSA) is 36.4 Å². The molecule has 3 aliphatic rings. The Morgan fingerprint density at radius 2 is 1.78 bits per heavy atom. The van der Waals surface area contributed by atoms with E-state index in [2.05, 4.69) is 4.98 Å². The lowest BCUT2D eigenvalue weighted by molar-refractivity contribution is -0.137. The number of rotatable bonds is 5. The predicted octanol–water partition coefficient (Wildman–Crippen LogP) is 3.97. The standard InChI is InChI=1S/C20H26F3N3O/c21-20(22,23)16-6-7-18(24-13-16)25-8-1-9-26(11-10-25)19(27)12-17(14-2-3-14)15-4-5-15/h6-7,13-15,17H,1-5,8-12H2. The summed E-state index contributed by atoms with van der Waals surface area (Å²) in [5.74, 6) is 2.91. The van der Waals surface area contributed by atoms with Crippen LogP contribution in [-0.2, 0) is 11.0 Å². The SMILES string of the molecule is O=C(CC(C1CC1)C1CC1)N1CCCN(c2ccc(C(F)(F)F)cn2)CC1. The fourth-order valence-electron chi connectivity index (χ4n) is 4.23. The maximum atomic E-state index is 12.8. The zero-order chi connectivity index (χ0) is 19.0. The Hall–Kier alpha value is -1.79. The Kier molecular flexibility index (Phi) is 5.03. The molecule has 0 N–H and O–H groups in total. The lowest BCUT2D eigenvalue weighted by Gasteiger charge is -2.25. The fourth-order valence-corrected chi connectivity index (χ4v) is 4.23. The minimum atomic E-state index is -4.37. The van der Waals surface area contributed by atoms with Gasteiger partial charge in [0, 0.05) is 38.8 Å². The third-order valence-electron chi connectivity index (χ3n) is 6.11. The second-order valence-electron chi connectivity index (χ2n) is 8.17. The number of anilines is 1. The second-order valence-corrected chi connectivity index (χ2v) is 8.17. The zero-order valence-corrected chi connectivity index (χ0v) is 15.4. The lowest BCUT2D eigenvalue weighted by atomic mass is 9.93. The van der Waals surface area contributed by atoms with Crippen molar-refractivity contribution >= 4 is 11.7 Å². The van der Waals surface area contributed by atoms with Crippen molar-refractivity contribution in [2.75, 3.05) is 31.1 Å². The van der Waals surface area contributed by atoms with Crippen molar-refractivity contribution in [2.45, 2.75) is 44.7 Å². The largest absolute Gasteiger partial charge is 0.417 e. The minimum absolute atomic E-state index is 0.251. The molecule has 2 aliphatic carbocycles. The summed E-state index contributed by atoms with van der Waals surface area (Å²) in [5, 5.41) is 0. The number of alkyl halides is 3. The first-order chi connectivity index (χ1) is 12.9. The molecule has 27 heavy (non-hydrogen) atoms. The Labute approximate surface area is 157 Å². The highest BCUT2D eigenvalue weighted by Gasteiger charge is 2.42. The van der Waals surface area contributed by atoms with E-state index in [0.29, 0.717) is 37.8 Å². The molecule has 0 spiro atoms.